The molecule has 0 aliphatic carbocycles. The fourth-order valence-corrected chi connectivity index (χ4v) is 2.73. The SMILES string of the molecule is NNC(C1=COCCC1)c1ccc(F)c2ccccc12. The Bertz CT molecular complexity index is 654. The summed E-state index contributed by atoms with van der Waals surface area (Å²) in [7, 11) is 0. The zero-order chi connectivity index (χ0) is 13.9. The van der Waals surface area contributed by atoms with E-state index in [1.807, 2.05) is 18.2 Å². The van der Waals surface area contributed by atoms with Crippen LogP contribution in [0.1, 0.15) is 24.4 Å². The van der Waals surface area contributed by atoms with Crippen LogP contribution in [-0.4, -0.2) is 6.61 Å². The van der Waals surface area contributed by atoms with E-state index < -0.39 is 0 Å². The molecule has 0 fully saturated rings. The average molecular weight is 272 g/mol. The summed E-state index contributed by atoms with van der Waals surface area (Å²) < 4.78 is 19.3. The number of hydrogen-bond acceptors (Lipinski definition) is 3. The fourth-order valence-electron chi connectivity index (χ4n) is 2.73. The molecule has 4 heteroatoms. The molecule has 2 aromatic rings. The predicted octanol–water partition coefficient (Wildman–Crippen LogP) is 3.18. The number of hydrazine groups is 1. The Morgan fingerprint density at radius 3 is 2.65 bits per heavy atom. The predicted molar refractivity (Wildman–Crippen MR) is 77.2 cm³/mol. The van der Waals surface area contributed by atoms with Crippen LogP contribution in [0.2, 0.25) is 0 Å². The third kappa shape index (κ3) is 2.28. The molecule has 1 atom stereocenters. The number of hydrogen-bond donors (Lipinski definition) is 2. The number of fused-ring (bicyclic) bond motifs is 1. The third-order valence-corrected chi connectivity index (χ3v) is 3.72. The van der Waals surface area contributed by atoms with E-state index in [2.05, 4.69) is 5.43 Å². The highest BCUT2D eigenvalue weighted by molar-refractivity contribution is 5.87. The molecule has 2 aromatic carbocycles. The molecule has 0 amide bonds. The summed E-state index contributed by atoms with van der Waals surface area (Å²) in [5, 5.41) is 1.49. The summed E-state index contributed by atoms with van der Waals surface area (Å²) in [6.45, 7) is 0.741. The third-order valence-electron chi connectivity index (χ3n) is 3.72. The van der Waals surface area contributed by atoms with Gasteiger partial charge in [0.25, 0.3) is 0 Å². The molecular weight excluding hydrogens is 255 g/mol. The van der Waals surface area contributed by atoms with Crippen LogP contribution < -0.4 is 11.3 Å². The van der Waals surface area contributed by atoms with E-state index in [1.165, 1.54) is 6.07 Å². The van der Waals surface area contributed by atoms with Crippen LogP contribution in [0.4, 0.5) is 4.39 Å². The van der Waals surface area contributed by atoms with Gasteiger partial charge in [-0.2, -0.15) is 0 Å². The van der Waals surface area contributed by atoms with Gasteiger partial charge >= 0.3 is 0 Å². The van der Waals surface area contributed by atoms with E-state index in [4.69, 9.17) is 10.6 Å². The van der Waals surface area contributed by atoms with Crippen molar-refractivity contribution in [1.82, 2.24) is 5.43 Å². The summed E-state index contributed by atoms with van der Waals surface area (Å²) in [6, 6.07) is 10.6. The van der Waals surface area contributed by atoms with Crippen molar-refractivity contribution in [2.24, 2.45) is 5.84 Å². The summed E-state index contributed by atoms with van der Waals surface area (Å²) in [5.41, 5.74) is 4.90. The van der Waals surface area contributed by atoms with E-state index in [1.54, 1.807) is 18.4 Å². The molecule has 104 valence electrons. The zero-order valence-electron chi connectivity index (χ0n) is 11.1. The molecule has 1 unspecified atom stereocenters. The highest BCUT2D eigenvalue weighted by Gasteiger charge is 2.20. The second-order valence-corrected chi connectivity index (χ2v) is 4.95. The maximum absolute atomic E-state index is 13.9. The van der Waals surface area contributed by atoms with Gasteiger partial charge in [0.15, 0.2) is 0 Å². The molecule has 0 spiro atoms. The van der Waals surface area contributed by atoms with E-state index in [9.17, 15) is 4.39 Å². The lowest BCUT2D eigenvalue weighted by atomic mass is 9.92. The highest BCUT2D eigenvalue weighted by Crippen LogP contribution is 2.32. The van der Waals surface area contributed by atoms with Gasteiger partial charge < -0.3 is 4.74 Å². The van der Waals surface area contributed by atoms with E-state index >= 15 is 0 Å². The van der Waals surface area contributed by atoms with Crippen LogP contribution in [0, 0.1) is 5.82 Å². The van der Waals surface area contributed by atoms with Crippen molar-refractivity contribution in [3.05, 3.63) is 59.6 Å². The van der Waals surface area contributed by atoms with E-state index in [0.29, 0.717) is 5.39 Å². The quantitative estimate of drug-likeness (QED) is 0.666. The van der Waals surface area contributed by atoms with Gasteiger partial charge in [0.1, 0.15) is 5.82 Å². The van der Waals surface area contributed by atoms with Crippen LogP contribution in [0.25, 0.3) is 10.8 Å². The van der Waals surface area contributed by atoms with Gasteiger partial charge in [-0.25, -0.2) is 9.82 Å². The van der Waals surface area contributed by atoms with Crippen LogP contribution in [0.5, 0.6) is 0 Å². The topological polar surface area (TPSA) is 47.3 Å². The number of nitrogens with one attached hydrogen (secondary N) is 1. The van der Waals surface area contributed by atoms with Crippen LogP contribution in [0.15, 0.2) is 48.2 Å². The molecule has 0 radical (unpaired) electrons. The van der Waals surface area contributed by atoms with Crippen molar-refractivity contribution < 1.29 is 9.13 Å². The Hall–Kier alpha value is -1.91. The molecule has 1 aliphatic rings. The Kier molecular flexibility index (Phi) is 3.67. The molecule has 0 bridgehead atoms. The Labute approximate surface area is 117 Å². The Morgan fingerprint density at radius 1 is 1.15 bits per heavy atom. The van der Waals surface area contributed by atoms with Gasteiger partial charge in [-0.05, 0) is 35.4 Å². The molecule has 0 saturated heterocycles. The van der Waals surface area contributed by atoms with Crippen molar-refractivity contribution in [2.45, 2.75) is 18.9 Å². The second kappa shape index (κ2) is 5.61. The second-order valence-electron chi connectivity index (χ2n) is 4.95. The summed E-state index contributed by atoms with van der Waals surface area (Å²) in [6.07, 6.45) is 3.68. The number of halogens is 1. The summed E-state index contributed by atoms with van der Waals surface area (Å²) in [4.78, 5) is 0. The molecular formula is C16H17FN2O. The van der Waals surface area contributed by atoms with Gasteiger partial charge in [-0.15, -0.1) is 0 Å². The largest absolute Gasteiger partial charge is 0.501 e. The van der Waals surface area contributed by atoms with Gasteiger partial charge in [0.2, 0.25) is 0 Å². The van der Waals surface area contributed by atoms with Crippen LogP contribution in [-0.2, 0) is 4.74 Å². The fraction of sp³-hybridized carbons (Fsp3) is 0.250. The molecule has 20 heavy (non-hydrogen) atoms. The van der Waals surface area contributed by atoms with E-state index in [0.717, 1.165) is 36.0 Å². The molecule has 3 N–H and O–H groups in total. The number of nitrogens with two attached hydrogens (primary N) is 1. The molecule has 1 aliphatic heterocycles. The first-order valence-corrected chi connectivity index (χ1v) is 6.75. The minimum Gasteiger partial charge on any atom is -0.501 e. The summed E-state index contributed by atoms with van der Waals surface area (Å²) >= 11 is 0. The molecule has 3 rings (SSSR count). The lowest BCUT2D eigenvalue weighted by Crippen LogP contribution is -2.30. The van der Waals surface area contributed by atoms with Crippen LogP contribution >= 0.6 is 0 Å². The van der Waals surface area contributed by atoms with Gasteiger partial charge in [-0.3, -0.25) is 5.84 Å². The molecule has 3 nitrogen and oxygen atoms in total. The zero-order valence-corrected chi connectivity index (χ0v) is 11.1. The number of benzene rings is 2. The first kappa shape index (κ1) is 13.1. The maximum Gasteiger partial charge on any atom is 0.131 e. The van der Waals surface area contributed by atoms with Gasteiger partial charge in [0, 0.05) is 5.39 Å². The summed E-state index contributed by atoms with van der Waals surface area (Å²) in [5.74, 6) is 5.51. The number of rotatable bonds is 3. The number of ether oxygens (including phenoxy) is 1. The van der Waals surface area contributed by atoms with Crippen molar-refractivity contribution >= 4 is 10.8 Å². The van der Waals surface area contributed by atoms with Crippen molar-refractivity contribution in [1.29, 1.82) is 0 Å². The standard InChI is InChI=1S/C16H17FN2O/c17-15-8-7-14(12-5-1-2-6-13(12)15)16(19-18)11-4-3-9-20-10-11/h1-2,5-8,10,16,19H,3-4,9,18H2. The highest BCUT2D eigenvalue weighted by atomic mass is 19.1. The monoisotopic (exact) mass is 272 g/mol. The van der Waals surface area contributed by atoms with E-state index in [-0.39, 0.29) is 11.9 Å². The maximum atomic E-state index is 13.9. The first-order valence-electron chi connectivity index (χ1n) is 6.75. The minimum atomic E-state index is -0.214. The normalized spacial score (nSPS) is 16.6. The Balaban J connectivity index is 2.12. The average Bonchev–Trinajstić information content (AvgIpc) is 2.52. The lowest BCUT2D eigenvalue weighted by Gasteiger charge is -2.24. The molecule has 0 saturated carbocycles. The molecule has 0 aromatic heterocycles. The van der Waals surface area contributed by atoms with Gasteiger partial charge in [0.05, 0.1) is 18.9 Å². The van der Waals surface area contributed by atoms with Crippen molar-refractivity contribution in [3.63, 3.8) is 0 Å². The van der Waals surface area contributed by atoms with Crippen molar-refractivity contribution in [3.8, 4) is 0 Å². The Morgan fingerprint density at radius 2 is 1.95 bits per heavy atom. The molecule has 1 heterocycles. The lowest BCUT2D eigenvalue weighted by molar-refractivity contribution is 0.219. The van der Waals surface area contributed by atoms with Crippen LogP contribution in [0.3, 0.4) is 0 Å². The first-order chi connectivity index (χ1) is 9.81. The minimum absolute atomic E-state index is 0.152. The van der Waals surface area contributed by atoms with Gasteiger partial charge in [-0.1, -0.05) is 30.3 Å². The van der Waals surface area contributed by atoms with Crippen molar-refractivity contribution in [2.75, 3.05) is 6.61 Å². The smallest absolute Gasteiger partial charge is 0.131 e.